The van der Waals surface area contributed by atoms with Crippen molar-refractivity contribution in [3.05, 3.63) is 47.7 Å². The number of aldehydes is 1. The fraction of sp³-hybridized carbons (Fsp3) is 0.571. The maximum Gasteiger partial charge on any atom is 0.389 e. The third-order valence-corrected chi connectivity index (χ3v) is 7.97. The smallest absolute Gasteiger partial charge is 0.349 e. The number of alkyl halides is 5. The predicted molar refractivity (Wildman–Crippen MR) is 142 cm³/mol. The molecule has 10 nitrogen and oxygen atoms in total. The average molecular weight is 610 g/mol. The summed E-state index contributed by atoms with van der Waals surface area (Å²) in [6.45, 7) is 0.309. The molecule has 2 aliphatic rings. The van der Waals surface area contributed by atoms with Crippen LogP contribution in [0.2, 0.25) is 0 Å². The Kier molecular flexibility index (Phi) is 8.79. The van der Waals surface area contributed by atoms with E-state index in [1.807, 2.05) is 0 Å². The molecule has 3 aromatic heterocycles. The molecule has 5 rings (SSSR count). The quantitative estimate of drug-likeness (QED) is 0.226. The van der Waals surface area contributed by atoms with Crippen molar-refractivity contribution in [2.24, 2.45) is 11.8 Å². The Morgan fingerprint density at radius 2 is 1.74 bits per heavy atom. The van der Waals surface area contributed by atoms with E-state index in [0.717, 1.165) is 19.1 Å². The van der Waals surface area contributed by atoms with Gasteiger partial charge in [0.2, 0.25) is 11.8 Å². The zero-order valence-corrected chi connectivity index (χ0v) is 23.2. The van der Waals surface area contributed by atoms with Gasteiger partial charge in [0.05, 0.1) is 48.4 Å². The van der Waals surface area contributed by atoms with Crippen LogP contribution in [0.25, 0.3) is 5.65 Å². The van der Waals surface area contributed by atoms with Gasteiger partial charge in [-0.1, -0.05) is 0 Å². The summed E-state index contributed by atoms with van der Waals surface area (Å²) in [7, 11) is 0. The van der Waals surface area contributed by atoms with Crippen molar-refractivity contribution in [2.45, 2.75) is 88.5 Å². The highest BCUT2D eigenvalue weighted by atomic mass is 19.4. The zero-order chi connectivity index (χ0) is 30.8. The molecule has 2 saturated carbocycles. The predicted octanol–water partition coefficient (Wildman–Crippen LogP) is 4.72. The lowest BCUT2D eigenvalue weighted by atomic mass is 9.81. The number of carbonyl (C=O) groups excluding carboxylic acids is 3. The minimum atomic E-state index is -4.43. The van der Waals surface area contributed by atoms with Crippen LogP contribution in [0.5, 0.6) is 0 Å². The standard InChI is InChI=1S/C28H32F5N7O3/c29-27(30)7-4-18(5-8-27)25(38-26(43)20-14-34-39(15-20)10-1-11-41)21-16-40-22(36-21)12-19(13-35-40)24(17-2-3-17)37-23(42)6-9-28(31,32)33/h11-18,24-25H,1-10H2,(H,37,42)(H,38,43)/t24-,25+/m1/s1. The molecule has 0 unspecified atom stereocenters. The Morgan fingerprint density at radius 3 is 2.42 bits per heavy atom. The second-order valence-corrected chi connectivity index (χ2v) is 11.3. The fourth-order valence-electron chi connectivity index (χ4n) is 5.48. The largest absolute Gasteiger partial charge is 0.389 e. The molecule has 2 amide bonds. The van der Waals surface area contributed by atoms with Crippen LogP contribution >= 0.6 is 0 Å². The molecule has 0 spiro atoms. The molecule has 3 heterocycles. The molecular formula is C28H32F5N7O3. The van der Waals surface area contributed by atoms with E-state index in [-0.39, 0.29) is 49.5 Å². The lowest BCUT2D eigenvalue weighted by molar-refractivity contribution is -0.144. The van der Waals surface area contributed by atoms with Crippen molar-refractivity contribution < 1.29 is 36.3 Å². The van der Waals surface area contributed by atoms with Gasteiger partial charge in [0, 0.05) is 38.4 Å². The molecule has 2 aliphatic carbocycles. The van der Waals surface area contributed by atoms with Crippen molar-refractivity contribution in [2.75, 3.05) is 0 Å². The molecule has 43 heavy (non-hydrogen) atoms. The third kappa shape index (κ3) is 7.93. The minimum absolute atomic E-state index is 0.0666. The summed E-state index contributed by atoms with van der Waals surface area (Å²) in [5, 5.41) is 14.1. The van der Waals surface area contributed by atoms with Crippen LogP contribution in [0.15, 0.2) is 30.9 Å². The van der Waals surface area contributed by atoms with Crippen molar-refractivity contribution in [3.8, 4) is 0 Å². The van der Waals surface area contributed by atoms with Crippen LogP contribution in [0.1, 0.15) is 91.5 Å². The summed E-state index contributed by atoms with van der Waals surface area (Å²) in [6.07, 6.45) is 1.96. The summed E-state index contributed by atoms with van der Waals surface area (Å²) >= 11 is 0. The van der Waals surface area contributed by atoms with Gasteiger partial charge in [0.1, 0.15) is 6.29 Å². The number of nitrogens with zero attached hydrogens (tertiary/aromatic N) is 5. The number of rotatable bonds is 12. The second kappa shape index (κ2) is 12.4. The van der Waals surface area contributed by atoms with Gasteiger partial charge in [-0.2, -0.15) is 23.4 Å². The molecule has 2 atom stereocenters. The second-order valence-electron chi connectivity index (χ2n) is 11.3. The normalized spacial score (nSPS) is 18.7. The van der Waals surface area contributed by atoms with Gasteiger partial charge in [0.15, 0.2) is 5.65 Å². The van der Waals surface area contributed by atoms with Crippen molar-refractivity contribution in [3.63, 3.8) is 0 Å². The Labute approximate surface area is 243 Å². The lowest BCUT2D eigenvalue weighted by Gasteiger charge is -2.33. The topological polar surface area (TPSA) is 123 Å². The number of imidazole rings is 1. The number of aryl methyl sites for hydroxylation is 1. The maximum absolute atomic E-state index is 14.0. The zero-order valence-electron chi connectivity index (χ0n) is 23.2. The molecule has 232 valence electrons. The van der Waals surface area contributed by atoms with Crippen LogP contribution < -0.4 is 10.6 Å². The number of nitrogens with one attached hydrogen (secondary N) is 2. The van der Waals surface area contributed by atoms with Crippen molar-refractivity contribution in [1.29, 1.82) is 0 Å². The van der Waals surface area contributed by atoms with Gasteiger partial charge < -0.3 is 15.4 Å². The fourth-order valence-corrected chi connectivity index (χ4v) is 5.48. The van der Waals surface area contributed by atoms with E-state index in [1.54, 1.807) is 12.3 Å². The van der Waals surface area contributed by atoms with Crippen LogP contribution in [0.4, 0.5) is 22.0 Å². The van der Waals surface area contributed by atoms with E-state index in [4.69, 9.17) is 0 Å². The molecule has 0 bridgehead atoms. The molecule has 0 saturated heterocycles. The van der Waals surface area contributed by atoms with E-state index in [1.165, 1.54) is 27.8 Å². The van der Waals surface area contributed by atoms with Crippen molar-refractivity contribution in [1.82, 2.24) is 35.0 Å². The summed E-state index contributed by atoms with van der Waals surface area (Å²) in [6, 6.07) is 0.452. The van der Waals surface area contributed by atoms with Gasteiger partial charge in [0.25, 0.3) is 5.91 Å². The van der Waals surface area contributed by atoms with E-state index >= 15 is 0 Å². The third-order valence-electron chi connectivity index (χ3n) is 7.97. The van der Waals surface area contributed by atoms with Gasteiger partial charge in [-0.3, -0.25) is 14.3 Å². The SMILES string of the molecule is O=CCCn1cc(C(=O)N[C@H](c2cn3ncc([C@H](NC(=O)CCC(F)(F)F)C4CC4)cc3n2)C2CCC(F)(F)CC2)cn1. The number of amides is 2. The number of fused-ring (bicyclic) bond motifs is 1. The van der Waals surface area contributed by atoms with Gasteiger partial charge >= 0.3 is 6.18 Å². The van der Waals surface area contributed by atoms with Crippen LogP contribution in [0.3, 0.4) is 0 Å². The summed E-state index contributed by atoms with van der Waals surface area (Å²) in [5.74, 6) is -4.21. The van der Waals surface area contributed by atoms with E-state index < -0.39 is 48.8 Å². The van der Waals surface area contributed by atoms with Gasteiger partial charge in [-0.25, -0.2) is 18.3 Å². The molecular weight excluding hydrogens is 577 g/mol. The minimum Gasteiger partial charge on any atom is -0.349 e. The maximum atomic E-state index is 14.0. The van der Waals surface area contributed by atoms with Crippen LogP contribution in [-0.4, -0.2) is 54.6 Å². The average Bonchev–Trinajstić information content (AvgIpc) is 3.52. The number of carbonyl (C=O) groups is 3. The monoisotopic (exact) mass is 609 g/mol. The first-order valence-electron chi connectivity index (χ1n) is 14.3. The first-order valence-corrected chi connectivity index (χ1v) is 14.3. The van der Waals surface area contributed by atoms with E-state index in [2.05, 4.69) is 25.8 Å². The lowest BCUT2D eigenvalue weighted by Crippen LogP contribution is -2.37. The Hall–Kier alpha value is -3.91. The Balaban J connectivity index is 1.37. The van der Waals surface area contributed by atoms with Crippen LogP contribution in [-0.2, 0) is 16.1 Å². The summed E-state index contributed by atoms with van der Waals surface area (Å²) < 4.78 is 68.7. The van der Waals surface area contributed by atoms with Gasteiger partial charge in [-0.15, -0.1) is 0 Å². The highest BCUT2D eigenvalue weighted by molar-refractivity contribution is 5.94. The summed E-state index contributed by atoms with van der Waals surface area (Å²) in [4.78, 5) is 40.8. The summed E-state index contributed by atoms with van der Waals surface area (Å²) in [5.41, 5.74) is 1.63. The first kappa shape index (κ1) is 30.5. The Bertz CT molecular complexity index is 1460. The molecule has 0 aromatic carbocycles. The number of hydrogen-bond acceptors (Lipinski definition) is 6. The molecule has 0 aliphatic heterocycles. The van der Waals surface area contributed by atoms with E-state index in [0.29, 0.717) is 23.4 Å². The molecule has 3 aromatic rings. The number of aromatic nitrogens is 5. The van der Waals surface area contributed by atoms with E-state index in [9.17, 15) is 36.3 Å². The number of halogens is 5. The van der Waals surface area contributed by atoms with Crippen molar-refractivity contribution >= 4 is 23.7 Å². The van der Waals surface area contributed by atoms with Gasteiger partial charge in [-0.05, 0) is 49.1 Å². The highest BCUT2D eigenvalue weighted by Crippen LogP contribution is 2.43. The molecule has 2 N–H and O–H groups in total. The first-order chi connectivity index (χ1) is 20.4. The molecule has 2 fully saturated rings. The molecule has 0 radical (unpaired) electrons. The highest BCUT2D eigenvalue weighted by Gasteiger charge is 2.40. The Morgan fingerprint density at radius 1 is 1.02 bits per heavy atom. The number of hydrogen-bond donors (Lipinski definition) is 2. The van der Waals surface area contributed by atoms with Crippen LogP contribution in [0, 0.1) is 11.8 Å². The molecule has 15 heteroatoms.